The number of hydrogen-bond acceptors (Lipinski definition) is 3. The molecule has 0 spiro atoms. The standard InChI is InChI=1S/C39H25N3/c1-3-11-28(12-4-1)37-40-38(29-13-5-2-6-14-29)42-39(41-37)30-20-18-27(19-21-30)32-16-9-17-33-34(32)24-25-35-31-15-8-7-10-26(31)22-23-36(33)35/h1-25H. The van der Waals surface area contributed by atoms with Gasteiger partial charge in [0.25, 0.3) is 0 Å². The van der Waals surface area contributed by atoms with Crippen LogP contribution in [0.4, 0.5) is 0 Å². The quantitative estimate of drug-likeness (QED) is 0.211. The van der Waals surface area contributed by atoms with Gasteiger partial charge < -0.3 is 0 Å². The van der Waals surface area contributed by atoms with Crippen LogP contribution in [0.25, 0.3) is 77.6 Å². The highest BCUT2D eigenvalue weighted by atomic mass is 15.0. The molecule has 1 heterocycles. The lowest BCUT2D eigenvalue weighted by Gasteiger charge is -2.12. The van der Waals surface area contributed by atoms with Crippen molar-refractivity contribution in [3.05, 3.63) is 152 Å². The van der Waals surface area contributed by atoms with E-state index < -0.39 is 0 Å². The van der Waals surface area contributed by atoms with E-state index in [9.17, 15) is 0 Å². The van der Waals surface area contributed by atoms with Gasteiger partial charge in [0.05, 0.1) is 0 Å². The Labute approximate surface area is 243 Å². The summed E-state index contributed by atoms with van der Waals surface area (Å²) in [5.74, 6) is 1.99. The maximum absolute atomic E-state index is 4.89. The Bertz CT molecular complexity index is 2160. The number of nitrogens with zero attached hydrogens (tertiary/aromatic N) is 3. The molecule has 0 radical (unpaired) electrons. The van der Waals surface area contributed by atoms with E-state index in [1.165, 1.54) is 37.9 Å². The minimum Gasteiger partial charge on any atom is -0.208 e. The highest BCUT2D eigenvalue weighted by Crippen LogP contribution is 2.36. The van der Waals surface area contributed by atoms with Crippen LogP contribution >= 0.6 is 0 Å². The summed E-state index contributed by atoms with van der Waals surface area (Å²) in [7, 11) is 0. The van der Waals surface area contributed by atoms with Gasteiger partial charge >= 0.3 is 0 Å². The molecule has 3 nitrogen and oxygen atoms in total. The van der Waals surface area contributed by atoms with Crippen molar-refractivity contribution in [1.29, 1.82) is 0 Å². The van der Waals surface area contributed by atoms with Gasteiger partial charge in [0, 0.05) is 16.7 Å². The van der Waals surface area contributed by atoms with Gasteiger partial charge in [0.2, 0.25) is 0 Å². The predicted octanol–water partition coefficient (Wildman–Crippen LogP) is 10.00. The van der Waals surface area contributed by atoms with E-state index in [-0.39, 0.29) is 0 Å². The number of benzene rings is 7. The number of hydrogen-bond donors (Lipinski definition) is 0. The smallest absolute Gasteiger partial charge is 0.164 e. The summed E-state index contributed by atoms with van der Waals surface area (Å²) in [5, 5.41) is 7.61. The molecule has 0 atom stereocenters. The molecule has 0 fully saturated rings. The van der Waals surface area contributed by atoms with Crippen molar-refractivity contribution in [2.75, 3.05) is 0 Å². The third-order valence-electron chi connectivity index (χ3n) is 7.94. The number of rotatable bonds is 4. The van der Waals surface area contributed by atoms with Crippen LogP contribution in [0.1, 0.15) is 0 Å². The highest BCUT2D eigenvalue weighted by Gasteiger charge is 2.13. The second kappa shape index (κ2) is 10.1. The van der Waals surface area contributed by atoms with Gasteiger partial charge in [-0.3, -0.25) is 0 Å². The monoisotopic (exact) mass is 535 g/mol. The molecule has 0 saturated heterocycles. The van der Waals surface area contributed by atoms with Crippen molar-refractivity contribution in [1.82, 2.24) is 15.0 Å². The van der Waals surface area contributed by atoms with Crippen molar-refractivity contribution in [3.63, 3.8) is 0 Å². The van der Waals surface area contributed by atoms with E-state index in [1.807, 2.05) is 60.7 Å². The summed E-state index contributed by atoms with van der Waals surface area (Å²) < 4.78 is 0. The van der Waals surface area contributed by atoms with Gasteiger partial charge in [-0.15, -0.1) is 0 Å². The van der Waals surface area contributed by atoms with Crippen LogP contribution in [-0.2, 0) is 0 Å². The SMILES string of the molecule is c1ccc(-c2nc(-c3ccccc3)nc(-c3ccc(-c4cccc5c4ccc4c6ccccc6ccc54)cc3)n2)cc1. The molecule has 0 saturated carbocycles. The zero-order chi connectivity index (χ0) is 27.9. The van der Waals surface area contributed by atoms with Gasteiger partial charge in [-0.05, 0) is 43.4 Å². The Morgan fingerprint density at radius 2 is 0.714 bits per heavy atom. The summed E-state index contributed by atoms with van der Waals surface area (Å²) in [5.41, 5.74) is 5.24. The van der Waals surface area contributed by atoms with Crippen LogP contribution in [0.15, 0.2) is 152 Å². The molecule has 0 aliphatic carbocycles. The number of fused-ring (bicyclic) bond motifs is 5. The van der Waals surface area contributed by atoms with Crippen LogP contribution in [0.2, 0.25) is 0 Å². The lowest BCUT2D eigenvalue weighted by Crippen LogP contribution is -2.00. The molecule has 7 aromatic carbocycles. The lowest BCUT2D eigenvalue weighted by molar-refractivity contribution is 1.07. The number of aromatic nitrogens is 3. The van der Waals surface area contributed by atoms with Crippen LogP contribution in [0.3, 0.4) is 0 Å². The third kappa shape index (κ3) is 4.20. The Kier molecular flexibility index (Phi) is 5.79. The van der Waals surface area contributed by atoms with Crippen molar-refractivity contribution >= 4 is 32.3 Å². The molecule has 8 rings (SSSR count). The Hall–Kier alpha value is -5.67. The Morgan fingerprint density at radius 1 is 0.262 bits per heavy atom. The van der Waals surface area contributed by atoms with E-state index in [0.29, 0.717) is 17.5 Å². The molecule has 0 amide bonds. The fraction of sp³-hybridized carbons (Fsp3) is 0. The second-order valence-corrected chi connectivity index (χ2v) is 10.5. The van der Waals surface area contributed by atoms with Gasteiger partial charge in [0.1, 0.15) is 0 Å². The zero-order valence-corrected chi connectivity index (χ0v) is 22.8. The summed E-state index contributed by atoms with van der Waals surface area (Å²) in [6.07, 6.45) is 0. The molecule has 1 aromatic heterocycles. The molecule has 196 valence electrons. The summed E-state index contributed by atoms with van der Waals surface area (Å²) >= 11 is 0. The van der Waals surface area contributed by atoms with Crippen LogP contribution in [0, 0.1) is 0 Å². The molecule has 8 aromatic rings. The van der Waals surface area contributed by atoms with Crippen molar-refractivity contribution in [2.45, 2.75) is 0 Å². The Balaban J connectivity index is 1.23. The second-order valence-electron chi connectivity index (χ2n) is 10.5. The van der Waals surface area contributed by atoms with Gasteiger partial charge in [0.15, 0.2) is 17.5 Å². The van der Waals surface area contributed by atoms with E-state index in [4.69, 9.17) is 15.0 Å². The molecule has 0 N–H and O–H groups in total. The third-order valence-corrected chi connectivity index (χ3v) is 7.94. The Morgan fingerprint density at radius 3 is 1.38 bits per heavy atom. The maximum Gasteiger partial charge on any atom is 0.164 e. The van der Waals surface area contributed by atoms with Crippen molar-refractivity contribution < 1.29 is 0 Å². The van der Waals surface area contributed by atoms with E-state index in [1.54, 1.807) is 0 Å². The average Bonchev–Trinajstić information content (AvgIpc) is 3.08. The van der Waals surface area contributed by atoms with Crippen molar-refractivity contribution in [2.24, 2.45) is 0 Å². The zero-order valence-electron chi connectivity index (χ0n) is 22.8. The largest absolute Gasteiger partial charge is 0.208 e. The van der Waals surface area contributed by atoms with Crippen LogP contribution in [0.5, 0.6) is 0 Å². The summed E-state index contributed by atoms with van der Waals surface area (Å²) in [6.45, 7) is 0. The fourth-order valence-electron chi connectivity index (χ4n) is 5.84. The van der Waals surface area contributed by atoms with Crippen molar-refractivity contribution in [3.8, 4) is 45.3 Å². The normalized spacial score (nSPS) is 11.3. The first-order chi connectivity index (χ1) is 20.8. The molecular weight excluding hydrogens is 510 g/mol. The molecule has 0 bridgehead atoms. The van der Waals surface area contributed by atoms with Crippen LogP contribution in [-0.4, -0.2) is 15.0 Å². The van der Waals surface area contributed by atoms with E-state index >= 15 is 0 Å². The van der Waals surface area contributed by atoms with E-state index in [0.717, 1.165) is 22.3 Å². The molecule has 3 heteroatoms. The first kappa shape index (κ1) is 24.2. The molecule has 42 heavy (non-hydrogen) atoms. The first-order valence-corrected chi connectivity index (χ1v) is 14.1. The van der Waals surface area contributed by atoms with Gasteiger partial charge in [-0.25, -0.2) is 15.0 Å². The average molecular weight is 536 g/mol. The highest BCUT2D eigenvalue weighted by molar-refractivity contribution is 6.19. The summed E-state index contributed by atoms with van der Waals surface area (Å²) in [6, 6.07) is 52.9. The van der Waals surface area contributed by atoms with Gasteiger partial charge in [-0.1, -0.05) is 152 Å². The predicted molar refractivity (Wildman–Crippen MR) is 174 cm³/mol. The topological polar surface area (TPSA) is 38.7 Å². The molecule has 0 aliphatic rings. The van der Waals surface area contributed by atoms with Gasteiger partial charge in [-0.2, -0.15) is 0 Å². The molecule has 0 unspecified atom stereocenters. The minimum absolute atomic E-state index is 0.657. The van der Waals surface area contributed by atoms with E-state index in [2.05, 4.69) is 91.0 Å². The minimum atomic E-state index is 0.657. The maximum atomic E-state index is 4.89. The first-order valence-electron chi connectivity index (χ1n) is 14.1. The lowest BCUT2D eigenvalue weighted by atomic mass is 9.92. The van der Waals surface area contributed by atoms with Crippen LogP contribution < -0.4 is 0 Å². The molecular formula is C39H25N3. The fourth-order valence-corrected chi connectivity index (χ4v) is 5.84. The molecule has 0 aliphatic heterocycles. The summed E-state index contributed by atoms with van der Waals surface area (Å²) in [4.78, 5) is 14.6.